The Bertz CT molecular complexity index is 3180. The normalized spacial score (nSPS) is 11.6. The Balaban J connectivity index is 1.05. The van der Waals surface area contributed by atoms with Crippen LogP contribution < -0.4 is 4.90 Å². The first-order chi connectivity index (χ1) is 27.3. The van der Waals surface area contributed by atoms with E-state index in [2.05, 4.69) is 205 Å². The standard InChI is InChI=1S/C52H33NOS/c1-3-12-34(13-4-1)35-26-28-40(29-27-35)53(39-15-5-2-6-16-39)41-30-31-48-46(33-41)47-32-38-14-7-8-17-42(38)50(51(47)54-48)37-24-22-36(23-25-37)43-19-11-20-45-44-18-9-10-21-49(44)55-52(43)45/h1-33H. The molecule has 9 aromatic carbocycles. The summed E-state index contributed by atoms with van der Waals surface area (Å²) in [7, 11) is 0. The molecule has 0 saturated carbocycles. The fraction of sp³-hybridized carbons (Fsp3) is 0. The molecular weight excluding hydrogens is 687 g/mol. The fourth-order valence-corrected chi connectivity index (χ4v) is 9.47. The number of para-hydroxylation sites is 1. The van der Waals surface area contributed by atoms with Gasteiger partial charge in [-0.25, -0.2) is 0 Å². The van der Waals surface area contributed by atoms with Crippen molar-refractivity contribution in [1.29, 1.82) is 0 Å². The van der Waals surface area contributed by atoms with E-state index in [9.17, 15) is 0 Å². The van der Waals surface area contributed by atoms with Crippen molar-refractivity contribution in [3.05, 3.63) is 200 Å². The van der Waals surface area contributed by atoms with Crippen molar-refractivity contribution >= 4 is 81.3 Å². The van der Waals surface area contributed by atoms with Gasteiger partial charge in [-0.3, -0.25) is 0 Å². The SMILES string of the molecule is c1ccc(-c2ccc(N(c3ccccc3)c3ccc4oc5c(-c6ccc(-c7cccc8c7sc7ccccc78)cc6)c6ccccc6cc5c4c3)cc2)cc1. The molecule has 0 aliphatic heterocycles. The zero-order valence-corrected chi connectivity index (χ0v) is 30.6. The van der Waals surface area contributed by atoms with Crippen molar-refractivity contribution in [2.45, 2.75) is 0 Å². The highest BCUT2D eigenvalue weighted by Crippen LogP contribution is 2.45. The van der Waals surface area contributed by atoms with Gasteiger partial charge in [-0.1, -0.05) is 146 Å². The predicted octanol–water partition coefficient (Wildman–Crippen LogP) is 15.6. The van der Waals surface area contributed by atoms with Crippen LogP contribution in [0.1, 0.15) is 0 Å². The van der Waals surface area contributed by atoms with Crippen LogP contribution in [-0.2, 0) is 0 Å². The second-order valence-corrected chi connectivity index (χ2v) is 15.1. The molecule has 0 spiro atoms. The van der Waals surface area contributed by atoms with Crippen molar-refractivity contribution in [2.75, 3.05) is 4.90 Å². The molecule has 258 valence electrons. The van der Waals surface area contributed by atoms with Gasteiger partial charge in [0.05, 0.1) is 0 Å². The van der Waals surface area contributed by atoms with Crippen LogP contribution in [0, 0.1) is 0 Å². The van der Waals surface area contributed by atoms with Gasteiger partial charge < -0.3 is 9.32 Å². The maximum Gasteiger partial charge on any atom is 0.143 e. The van der Waals surface area contributed by atoms with Gasteiger partial charge in [-0.15, -0.1) is 11.3 Å². The number of hydrogen-bond acceptors (Lipinski definition) is 3. The molecule has 0 radical (unpaired) electrons. The first-order valence-electron chi connectivity index (χ1n) is 18.7. The maximum absolute atomic E-state index is 6.85. The summed E-state index contributed by atoms with van der Waals surface area (Å²) in [5.41, 5.74) is 12.2. The summed E-state index contributed by atoms with van der Waals surface area (Å²) < 4.78 is 9.49. The molecule has 11 rings (SSSR count). The average Bonchev–Trinajstić information content (AvgIpc) is 3.82. The molecular formula is C52H33NOS. The van der Waals surface area contributed by atoms with Crippen molar-refractivity contribution in [2.24, 2.45) is 0 Å². The second-order valence-electron chi connectivity index (χ2n) is 14.1. The van der Waals surface area contributed by atoms with Crippen LogP contribution >= 0.6 is 11.3 Å². The Labute approximate surface area is 322 Å². The summed E-state index contributed by atoms with van der Waals surface area (Å²) >= 11 is 1.87. The number of nitrogens with zero attached hydrogens (tertiary/aromatic N) is 1. The van der Waals surface area contributed by atoms with Crippen LogP contribution in [0.4, 0.5) is 17.1 Å². The van der Waals surface area contributed by atoms with E-state index in [1.807, 2.05) is 11.3 Å². The maximum atomic E-state index is 6.85. The molecule has 0 aliphatic rings. The summed E-state index contributed by atoms with van der Waals surface area (Å²) in [6.45, 7) is 0. The minimum Gasteiger partial charge on any atom is -0.455 e. The van der Waals surface area contributed by atoms with Crippen molar-refractivity contribution in [3.63, 3.8) is 0 Å². The lowest BCUT2D eigenvalue weighted by Gasteiger charge is -2.25. The Hall–Kier alpha value is -6.94. The van der Waals surface area contributed by atoms with Gasteiger partial charge in [0.15, 0.2) is 0 Å². The quantitative estimate of drug-likeness (QED) is 0.170. The van der Waals surface area contributed by atoms with E-state index in [4.69, 9.17) is 4.42 Å². The van der Waals surface area contributed by atoms with Gasteiger partial charge in [-0.2, -0.15) is 0 Å². The van der Waals surface area contributed by atoms with Gasteiger partial charge in [-0.05, 0) is 93.2 Å². The van der Waals surface area contributed by atoms with E-state index >= 15 is 0 Å². The molecule has 11 aromatic rings. The summed E-state index contributed by atoms with van der Waals surface area (Å²) in [5, 5.41) is 7.20. The van der Waals surface area contributed by atoms with E-state index in [1.54, 1.807) is 0 Å². The van der Waals surface area contributed by atoms with Gasteiger partial charge in [0.2, 0.25) is 0 Å². The number of fused-ring (bicyclic) bond motifs is 7. The van der Waals surface area contributed by atoms with Crippen LogP contribution in [0.3, 0.4) is 0 Å². The predicted molar refractivity (Wildman–Crippen MR) is 235 cm³/mol. The first-order valence-corrected chi connectivity index (χ1v) is 19.5. The lowest BCUT2D eigenvalue weighted by Crippen LogP contribution is -2.09. The fourth-order valence-electron chi connectivity index (χ4n) is 8.24. The van der Waals surface area contributed by atoms with E-state index in [0.29, 0.717) is 0 Å². The first kappa shape index (κ1) is 31.6. The molecule has 0 amide bonds. The molecule has 0 aliphatic carbocycles. The van der Waals surface area contributed by atoms with Crippen LogP contribution in [0.2, 0.25) is 0 Å². The van der Waals surface area contributed by atoms with Gasteiger partial charge in [0.1, 0.15) is 11.2 Å². The molecule has 0 unspecified atom stereocenters. The van der Waals surface area contributed by atoms with Crippen LogP contribution in [0.15, 0.2) is 205 Å². The number of thiophene rings is 1. The van der Waals surface area contributed by atoms with Crippen LogP contribution in [-0.4, -0.2) is 0 Å². The molecule has 0 N–H and O–H groups in total. The largest absolute Gasteiger partial charge is 0.455 e. The minimum absolute atomic E-state index is 0.871. The highest BCUT2D eigenvalue weighted by atomic mass is 32.1. The van der Waals surface area contributed by atoms with Crippen LogP contribution in [0.5, 0.6) is 0 Å². The number of furan rings is 1. The number of benzene rings is 9. The molecule has 0 fully saturated rings. The Kier molecular flexibility index (Phi) is 7.39. The van der Waals surface area contributed by atoms with E-state index in [0.717, 1.165) is 50.1 Å². The molecule has 0 atom stereocenters. The Morgan fingerprint density at radius 1 is 0.382 bits per heavy atom. The van der Waals surface area contributed by atoms with Crippen molar-refractivity contribution in [3.8, 4) is 33.4 Å². The topological polar surface area (TPSA) is 16.4 Å². The molecule has 2 aromatic heterocycles. The molecule has 0 bridgehead atoms. The molecule has 2 nitrogen and oxygen atoms in total. The highest BCUT2D eigenvalue weighted by Gasteiger charge is 2.20. The molecule has 0 saturated heterocycles. The van der Waals surface area contributed by atoms with Crippen molar-refractivity contribution in [1.82, 2.24) is 0 Å². The summed E-state index contributed by atoms with van der Waals surface area (Å²) in [5.74, 6) is 0. The smallest absolute Gasteiger partial charge is 0.143 e. The van der Waals surface area contributed by atoms with E-state index < -0.39 is 0 Å². The van der Waals surface area contributed by atoms with Gasteiger partial charge >= 0.3 is 0 Å². The summed E-state index contributed by atoms with van der Waals surface area (Å²) in [4.78, 5) is 2.32. The summed E-state index contributed by atoms with van der Waals surface area (Å²) in [6.07, 6.45) is 0. The molecule has 55 heavy (non-hydrogen) atoms. The minimum atomic E-state index is 0.871. The zero-order valence-electron chi connectivity index (χ0n) is 29.8. The zero-order chi connectivity index (χ0) is 36.3. The monoisotopic (exact) mass is 719 g/mol. The lowest BCUT2D eigenvalue weighted by atomic mass is 9.93. The third-order valence-electron chi connectivity index (χ3n) is 10.9. The van der Waals surface area contributed by atoms with Crippen molar-refractivity contribution < 1.29 is 4.42 Å². The Morgan fingerprint density at radius 2 is 1.00 bits per heavy atom. The highest BCUT2D eigenvalue weighted by molar-refractivity contribution is 7.26. The van der Waals surface area contributed by atoms with Gasteiger partial charge in [0.25, 0.3) is 0 Å². The van der Waals surface area contributed by atoms with Gasteiger partial charge in [0, 0.05) is 53.6 Å². The number of rotatable bonds is 6. The molecule has 3 heteroatoms. The Morgan fingerprint density at radius 3 is 1.82 bits per heavy atom. The number of anilines is 3. The lowest BCUT2D eigenvalue weighted by molar-refractivity contribution is 0.670. The summed E-state index contributed by atoms with van der Waals surface area (Å²) in [6, 6.07) is 71.9. The van der Waals surface area contributed by atoms with E-state index in [1.165, 1.54) is 53.2 Å². The average molecular weight is 720 g/mol. The number of hydrogen-bond donors (Lipinski definition) is 0. The molecule has 2 heterocycles. The third kappa shape index (κ3) is 5.32. The van der Waals surface area contributed by atoms with Crippen LogP contribution in [0.25, 0.3) is 86.3 Å². The van der Waals surface area contributed by atoms with E-state index in [-0.39, 0.29) is 0 Å². The third-order valence-corrected chi connectivity index (χ3v) is 12.1. The second kappa shape index (κ2) is 12.9.